The van der Waals surface area contributed by atoms with Gasteiger partial charge in [-0.05, 0) is 49.6 Å². The number of carbonyl (C=O) groups excluding carboxylic acids is 1. The molecule has 0 aromatic heterocycles. The molecule has 2 aromatic rings. The number of rotatable bonds is 8. The van der Waals surface area contributed by atoms with E-state index in [1.54, 1.807) is 33.1 Å². The number of nitrogens with one attached hydrogen (secondary N) is 1. The fourth-order valence-electron chi connectivity index (χ4n) is 3.02. The highest BCUT2D eigenvalue weighted by Crippen LogP contribution is 2.38. The third-order valence-electron chi connectivity index (χ3n) is 4.17. The predicted molar refractivity (Wildman–Crippen MR) is 109 cm³/mol. The number of thioether (sulfide) groups is 1. The Morgan fingerprint density at radius 2 is 1.48 bits per heavy atom. The molecular weight excluding hydrogens is 362 g/mol. The molecule has 0 saturated carbocycles. The minimum absolute atomic E-state index is 0.0203. The second-order valence-corrected chi connectivity index (χ2v) is 7.31. The van der Waals surface area contributed by atoms with Gasteiger partial charge in [-0.25, -0.2) is 0 Å². The molecule has 0 saturated heterocycles. The molecule has 0 radical (unpaired) electrons. The zero-order valence-electron chi connectivity index (χ0n) is 16.8. The summed E-state index contributed by atoms with van der Waals surface area (Å²) in [5, 5.41) is 2.95. The van der Waals surface area contributed by atoms with Crippen LogP contribution in [0, 0.1) is 20.8 Å². The van der Waals surface area contributed by atoms with Crippen molar-refractivity contribution in [3.63, 3.8) is 0 Å². The highest BCUT2D eigenvalue weighted by atomic mass is 32.2. The highest BCUT2D eigenvalue weighted by Gasteiger charge is 2.14. The van der Waals surface area contributed by atoms with Gasteiger partial charge in [0, 0.05) is 11.4 Å². The Morgan fingerprint density at radius 1 is 0.926 bits per heavy atom. The Hall–Kier alpha value is -2.34. The van der Waals surface area contributed by atoms with E-state index in [9.17, 15) is 4.79 Å². The lowest BCUT2D eigenvalue weighted by atomic mass is 10.1. The first-order chi connectivity index (χ1) is 12.9. The number of benzene rings is 2. The molecule has 0 heterocycles. The summed E-state index contributed by atoms with van der Waals surface area (Å²) < 4.78 is 16.0. The summed E-state index contributed by atoms with van der Waals surface area (Å²) in [6.45, 7) is 6.63. The fraction of sp³-hybridized carbons (Fsp3) is 0.381. The van der Waals surface area contributed by atoms with Crippen LogP contribution in [0.25, 0.3) is 0 Å². The minimum Gasteiger partial charge on any atom is -0.493 e. The molecule has 5 nitrogen and oxygen atoms in total. The summed E-state index contributed by atoms with van der Waals surface area (Å²) in [4.78, 5) is 13.5. The normalized spacial score (nSPS) is 10.4. The third-order valence-corrected chi connectivity index (χ3v) is 5.51. The number of hydrogen-bond donors (Lipinski definition) is 1. The average Bonchev–Trinajstić information content (AvgIpc) is 2.64. The molecule has 6 heteroatoms. The lowest BCUT2D eigenvalue weighted by Crippen LogP contribution is -2.24. The van der Waals surface area contributed by atoms with Crippen molar-refractivity contribution in [1.82, 2.24) is 5.32 Å². The molecule has 0 spiro atoms. The van der Waals surface area contributed by atoms with Gasteiger partial charge < -0.3 is 19.5 Å². The van der Waals surface area contributed by atoms with Crippen molar-refractivity contribution < 1.29 is 19.0 Å². The molecule has 0 aliphatic heterocycles. The Labute approximate surface area is 165 Å². The molecule has 146 valence electrons. The van der Waals surface area contributed by atoms with E-state index in [-0.39, 0.29) is 5.91 Å². The van der Waals surface area contributed by atoms with Crippen LogP contribution in [0.5, 0.6) is 17.2 Å². The number of amides is 1. The Balaban J connectivity index is 2.00. The van der Waals surface area contributed by atoms with Gasteiger partial charge in [0.15, 0.2) is 11.5 Å². The van der Waals surface area contributed by atoms with E-state index < -0.39 is 0 Å². The van der Waals surface area contributed by atoms with Crippen molar-refractivity contribution in [2.75, 3.05) is 27.1 Å². The van der Waals surface area contributed by atoms with E-state index in [4.69, 9.17) is 14.2 Å². The third kappa shape index (κ3) is 5.32. The second kappa shape index (κ2) is 9.55. The van der Waals surface area contributed by atoms with Gasteiger partial charge in [0.1, 0.15) is 0 Å². The lowest BCUT2D eigenvalue weighted by Gasteiger charge is -2.14. The van der Waals surface area contributed by atoms with Crippen LogP contribution in [0.4, 0.5) is 0 Å². The molecule has 0 aliphatic carbocycles. The van der Waals surface area contributed by atoms with Crippen molar-refractivity contribution in [2.24, 2.45) is 0 Å². The van der Waals surface area contributed by atoms with Crippen LogP contribution in [-0.4, -0.2) is 33.0 Å². The van der Waals surface area contributed by atoms with Crippen molar-refractivity contribution in [1.29, 1.82) is 0 Å². The van der Waals surface area contributed by atoms with Gasteiger partial charge in [-0.3, -0.25) is 4.79 Å². The molecule has 0 aliphatic rings. The second-order valence-electron chi connectivity index (χ2n) is 6.33. The van der Waals surface area contributed by atoms with Crippen LogP contribution in [0.15, 0.2) is 29.2 Å². The molecule has 2 rings (SSSR count). The summed E-state index contributed by atoms with van der Waals surface area (Å²) >= 11 is 1.57. The van der Waals surface area contributed by atoms with Gasteiger partial charge in [0.25, 0.3) is 0 Å². The fourth-order valence-corrected chi connectivity index (χ4v) is 3.97. The largest absolute Gasteiger partial charge is 0.493 e. The van der Waals surface area contributed by atoms with E-state index in [1.807, 2.05) is 12.1 Å². The Kier molecular flexibility index (Phi) is 7.42. The molecule has 1 N–H and O–H groups in total. The van der Waals surface area contributed by atoms with E-state index in [0.29, 0.717) is 29.5 Å². The lowest BCUT2D eigenvalue weighted by molar-refractivity contribution is -0.118. The predicted octanol–water partition coefficient (Wildman–Crippen LogP) is 4.05. The van der Waals surface area contributed by atoms with Gasteiger partial charge in [0.2, 0.25) is 11.7 Å². The SMILES string of the molecule is COc1cc(CNC(=O)CSc2c(C)cc(C)cc2C)cc(OC)c1OC. The monoisotopic (exact) mass is 389 g/mol. The zero-order chi connectivity index (χ0) is 20.0. The number of ether oxygens (including phenoxy) is 3. The highest BCUT2D eigenvalue weighted by molar-refractivity contribution is 8.00. The van der Waals surface area contributed by atoms with Crippen LogP contribution in [0.3, 0.4) is 0 Å². The van der Waals surface area contributed by atoms with E-state index in [1.165, 1.54) is 21.6 Å². The van der Waals surface area contributed by atoms with E-state index in [0.717, 1.165) is 5.56 Å². The molecule has 0 fully saturated rings. The van der Waals surface area contributed by atoms with E-state index >= 15 is 0 Å². The maximum atomic E-state index is 12.3. The topological polar surface area (TPSA) is 56.8 Å². The summed E-state index contributed by atoms with van der Waals surface area (Å²) in [5.41, 5.74) is 4.52. The molecule has 2 aromatic carbocycles. The van der Waals surface area contributed by atoms with Crippen molar-refractivity contribution >= 4 is 17.7 Å². The summed E-state index contributed by atoms with van der Waals surface area (Å²) in [5.74, 6) is 2.03. The van der Waals surface area contributed by atoms with E-state index in [2.05, 4.69) is 38.2 Å². The summed E-state index contributed by atoms with van der Waals surface area (Å²) in [7, 11) is 4.71. The van der Waals surface area contributed by atoms with Crippen LogP contribution >= 0.6 is 11.8 Å². The Bertz CT molecular complexity index is 772. The average molecular weight is 390 g/mol. The summed E-state index contributed by atoms with van der Waals surface area (Å²) in [6.07, 6.45) is 0. The van der Waals surface area contributed by atoms with Crippen molar-refractivity contribution in [2.45, 2.75) is 32.2 Å². The maximum Gasteiger partial charge on any atom is 0.230 e. The standard InChI is InChI=1S/C21H27NO4S/c1-13-7-14(2)21(15(3)8-13)27-12-19(23)22-11-16-9-17(24-4)20(26-6)18(10-16)25-5/h7-10H,11-12H2,1-6H3,(H,22,23). The Morgan fingerprint density at radius 3 is 1.96 bits per heavy atom. The maximum absolute atomic E-state index is 12.3. The van der Waals surface area contributed by atoms with Crippen LogP contribution < -0.4 is 19.5 Å². The van der Waals surface area contributed by atoms with Gasteiger partial charge >= 0.3 is 0 Å². The van der Waals surface area contributed by atoms with Crippen molar-refractivity contribution in [3.05, 3.63) is 46.5 Å². The zero-order valence-corrected chi connectivity index (χ0v) is 17.6. The van der Waals surface area contributed by atoms with Gasteiger partial charge in [-0.15, -0.1) is 11.8 Å². The van der Waals surface area contributed by atoms with Gasteiger partial charge in [-0.2, -0.15) is 0 Å². The molecular formula is C21H27NO4S. The first-order valence-corrected chi connectivity index (χ1v) is 9.64. The van der Waals surface area contributed by atoms with Crippen LogP contribution in [0.1, 0.15) is 22.3 Å². The molecule has 0 unspecified atom stereocenters. The number of methoxy groups -OCH3 is 3. The minimum atomic E-state index is -0.0203. The number of carbonyl (C=O) groups is 1. The van der Waals surface area contributed by atoms with Gasteiger partial charge in [-0.1, -0.05) is 17.7 Å². The molecule has 0 atom stereocenters. The smallest absolute Gasteiger partial charge is 0.230 e. The number of aryl methyl sites for hydroxylation is 3. The molecule has 1 amide bonds. The van der Waals surface area contributed by atoms with Crippen molar-refractivity contribution in [3.8, 4) is 17.2 Å². The first kappa shape index (κ1) is 21.0. The van der Waals surface area contributed by atoms with Crippen LogP contribution in [0.2, 0.25) is 0 Å². The molecule has 0 bridgehead atoms. The number of hydrogen-bond acceptors (Lipinski definition) is 5. The summed E-state index contributed by atoms with van der Waals surface area (Å²) in [6, 6.07) is 7.96. The van der Waals surface area contributed by atoms with Crippen LogP contribution in [-0.2, 0) is 11.3 Å². The quantitative estimate of drug-likeness (QED) is 0.691. The first-order valence-electron chi connectivity index (χ1n) is 8.65. The van der Waals surface area contributed by atoms with Gasteiger partial charge in [0.05, 0.1) is 27.1 Å². The molecule has 27 heavy (non-hydrogen) atoms.